The Bertz CT molecular complexity index is 819. The number of alkyl halides is 2. The van der Waals surface area contributed by atoms with E-state index >= 15 is 0 Å². The molecule has 1 aliphatic heterocycles. The van der Waals surface area contributed by atoms with Crippen molar-refractivity contribution < 1.29 is 18.8 Å². The topological polar surface area (TPSA) is 80.9 Å². The second kappa shape index (κ2) is 8.68. The van der Waals surface area contributed by atoms with Gasteiger partial charge in [-0.15, -0.1) is 0 Å². The van der Waals surface area contributed by atoms with Gasteiger partial charge in [0.05, 0.1) is 0 Å². The van der Waals surface area contributed by atoms with E-state index < -0.39 is 38.0 Å². The van der Waals surface area contributed by atoms with Crippen LogP contribution in [0.2, 0.25) is 0 Å². The Morgan fingerprint density at radius 2 is 1.68 bits per heavy atom. The summed E-state index contributed by atoms with van der Waals surface area (Å²) in [5.74, 6) is 0.554. The number of hydrogen-bond acceptors (Lipinski definition) is 4. The SMILES string of the molecule is CC(C)=CCC[C@@](C)(O)C1CC[C@]2(C)C1C(O)CC1C3(C)CCI(O)C(C)(C)C3C(O)CC12C. The molecule has 4 N–H and O–H groups in total. The van der Waals surface area contributed by atoms with Crippen LogP contribution in [0.25, 0.3) is 0 Å². The van der Waals surface area contributed by atoms with Crippen molar-refractivity contribution >= 4 is 20.2 Å². The fourth-order valence-electron chi connectivity index (χ4n) is 10.0. The summed E-state index contributed by atoms with van der Waals surface area (Å²) in [7, 11) is 0. The molecule has 1 heterocycles. The van der Waals surface area contributed by atoms with Crippen LogP contribution in [0.5, 0.6) is 0 Å². The van der Waals surface area contributed by atoms with E-state index in [1.54, 1.807) is 0 Å². The molecule has 3 saturated carbocycles. The Hall–Kier alpha value is 0.310. The Balaban J connectivity index is 1.70. The molecule has 10 atom stereocenters. The molecule has 4 fully saturated rings. The van der Waals surface area contributed by atoms with Gasteiger partial charge in [0, 0.05) is 0 Å². The fourth-order valence-corrected chi connectivity index (χ4v) is 15.0. The summed E-state index contributed by atoms with van der Waals surface area (Å²) in [6.07, 6.45) is 7.37. The molecule has 4 nitrogen and oxygen atoms in total. The molecule has 198 valence electrons. The standard InChI is InChI=1S/C29H51IO4/c1-18(2)10-9-12-29(8,33)19-11-13-27(6)23(19)20(31)16-22-26(5)14-15-30(34)25(3,4)24(26)21(32)17-28(22,27)7/h10,19-24,31-34H,9,11-17H2,1-8H3/t19?,20?,21?,22?,23?,24?,26?,27-,28?,29-/m1/s1. The number of rotatable bonds is 4. The average Bonchev–Trinajstić information content (AvgIpc) is 3.07. The molecule has 3 aliphatic carbocycles. The van der Waals surface area contributed by atoms with Crippen LogP contribution in [0, 0.1) is 39.9 Å². The second-order valence-electron chi connectivity index (χ2n) is 14.1. The van der Waals surface area contributed by atoms with Crippen LogP contribution >= 0.6 is 20.2 Å². The molecule has 0 radical (unpaired) electrons. The van der Waals surface area contributed by atoms with E-state index in [1.807, 2.05) is 6.92 Å². The molecule has 0 aromatic heterocycles. The second-order valence-corrected chi connectivity index (χ2v) is 19.9. The summed E-state index contributed by atoms with van der Waals surface area (Å²) >= 11 is -2.12. The summed E-state index contributed by atoms with van der Waals surface area (Å²) < 4.78 is 11.7. The zero-order valence-corrected chi connectivity index (χ0v) is 25.0. The zero-order chi connectivity index (χ0) is 25.5. The Morgan fingerprint density at radius 3 is 2.29 bits per heavy atom. The molecule has 4 aliphatic rings. The quantitative estimate of drug-likeness (QED) is 0.187. The first-order valence-corrected chi connectivity index (χ1v) is 17.2. The summed E-state index contributed by atoms with van der Waals surface area (Å²) in [4.78, 5) is 0. The molecule has 0 aromatic carbocycles. The molecular formula is C29H51IO4. The van der Waals surface area contributed by atoms with E-state index in [4.69, 9.17) is 0 Å². The third kappa shape index (κ3) is 3.80. The zero-order valence-electron chi connectivity index (χ0n) is 22.9. The molecule has 5 heteroatoms. The Kier molecular flexibility index (Phi) is 6.98. The van der Waals surface area contributed by atoms with Crippen molar-refractivity contribution in [3.05, 3.63) is 11.6 Å². The van der Waals surface area contributed by atoms with E-state index in [2.05, 4.69) is 54.5 Å². The van der Waals surface area contributed by atoms with Crippen LogP contribution in [-0.2, 0) is 0 Å². The minimum atomic E-state index is -2.12. The predicted molar refractivity (Wildman–Crippen MR) is 148 cm³/mol. The first-order valence-electron chi connectivity index (χ1n) is 13.6. The van der Waals surface area contributed by atoms with Crippen LogP contribution in [0.15, 0.2) is 11.6 Å². The van der Waals surface area contributed by atoms with Gasteiger partial charge in [0.15, 0.2) is 0 Å². The maximum atomic E-state index is 11.8. The van der Waals surface area contributed by atoms with Crippen LogP contribution < -0.4 is 0 Å². The van der Waals surface area contributed by atoms with Crippen molar-refractivity contribution in [2.75, 3.05) is 4.43 Å². The van der Waals surface area contributed by atoms with Crippen molar-refractivity contribution in [3.63, 3.8) is 0 Å². The number of aliphatic hydroxyl groups is 3. The van der Waals surface area contributed by atoms with Gasteiger partial charge in [0.2, 0.25) is 0 Å². The predicted octanol–water partition coefficient (Wildman–Crippen LogP) is 5.89. The number of aliphatic hydroxyl groups excluding tert-OH is 2. The van der Waals surface area contributed by atoms with E-state index in [0.717, 1.165) is 49.4 Å². The van der Waals surface area contributed by atoms with Crippen molar-refractivity contribution in [3.8, 4) is 0 Å². The number of halogens is 1. The van der Waals surface area contributed by atoms with Gasteiger partial charge in [-0.1, -0.05) is 5.57 Å². The van der Waals surface area contributed by atoms with Crippen molar-refractivity contribution in [1.82, 2.24) is 0 Å². The molecule has 1 saturated heterocycles. The van der Waals surface area contributed by atoms with Gasteiger partial charge in [0.25, 0.3) is 0 Å². The summed E-state index contributed by atoms with van der Waals surface area (Å²) in [6.45, 7) is 17.7. The molecule has 34 heavy (non-hydrogen) atoms. The van der Waals surface area contributed by atoms with Gasteiger partial charge in [-0.05, 0) is 13.8 Å². The fraction of sp³-hybridized carbons (Fsp3) is 0.931. The maximum absolute atomic E-state index is 11.8. The van der Waals surface area contributed by atoms with Gasteiger partial charge in [-0.2, -0.15) is 0 Å². The molecule has 0 spiro atoms. The van der Waals surface area contributed by atoms with E-state index in [9.17, 15) is 18.8 Å². The number of allylic oxidation sites excluding steroid dienone is 2. The van der Waals surface area contributed by atoms with Crippen LogP contribution in [0.4, 0.5) is 0 Å². The van der Waals surface area contributed by atoms with Crippen LogP contribution in [0.1, 0.15) is 100 Å². The summed E-state index contributed by atoms with van der Waals surface area (Å²) in [6, 6.07) is 0. The number of hydrogen-bond donors (Lipinski definition) is 4. The molecule has 0 aromatic rings. The van der Waals surface area contributed by atoms with Crippen molar-refractivity contribution in [1.29, 1.82) is 0 Å². The van der Waals surface area contributed by atoms with E-state index in [1.165, 1.54) is 5.57 Å². The van der Waals surface area contributed by atoms with Gasteiger partial charge in [0.1, 0.15) is 0 Å². The molecule has 0 amide bonds. The molecular weight excluding hydrogens is 539 g/mol. The first-order chi connectivity index (χ1) is 15.5. The summed E-state index contributed by atoms with van der Waals surface area (Å²) in [5.41, 5.74) is 0.193. The van der Waals surface area contributed by atoms with Gasteiger partial charge in [-0.3, -0.25) is 0 Å². The minimum absolute atomic E-state index is 0.0561. The number of fused-ring (bicyclic) bond motifs is 5. The van der Waals surface area contributed by atoms with Gasteiger partial charge >= 0.3 is 197 Å². The van der Waals surface area contributed by atoms with Gasteiger partial charge < -0.3 is 0 Å². The van der Waals surface area contributed by atoms with E-state index in [0.29, 0.717) is 5.92 Å². The third-order valence-electron chi connectivity index (χ3n) is 11.7. The normalized spacial score (nSPS) is 50.5. The van der Waals surface area contributed by atoms with Crippen molar-refractivity contribution in [2.24, 2.45) is 39.9 Å². The van der Waals surface area contributed by atoms with Crippen LogP contribution in [0.3, 0.4) is 0 Å². The Labute approximate surface area is 215 Å². The summed E-state index contributed by atoms with van der Waals surface area (Å²) in [5, 5.41) is 35.1. The average molecular weight is 591 g/mol. The van der Waals surface area contributed by atoms with Gasteiger partial charge in [-0.25, -0.2) is 0 Å². The molecule has 0 bridgehead atoms. The van der Waals surface area contributed by atoms with Crippen molar-refractivity contribution in [2.45, 2.75) is 122 Å². The van der Waals surface area contributed by atoms with E-state index in [-0.39, 0.29) is 37.4 Å². The third-order valence-corrected chi connectivity index (χ3v) is 17.2. The molecule has 8 unspecified atom stereocenters. The molecule has 4 rings (SSSR count). The Morgan fingerprint density at radius 1 is 1.03 bits per heavy atom. The van der Waals surface area contributed by atoms with Crippen LogP contribution in [-0.4, -0.2) is 44.4 Å². The first kappa shape index (κ1) is 27.3. The monoisotopic (exact) mass is 590 g/mol.